The van der Waals surface area contributed by atoms with E-state index in [0.717, 1.165) is 69.1 Å². The van der Waals surface area contributed by atoms with Crippen molar-refractivity contribution in [2.24, 2.45) is 0 Å². The molecule has 0 saturated carbocycles. The van der Waals surface area contributed by atoms with E-state index in [1.54, 1.807) is 12.4 Å². The Bertz CT molecular complexity index is 1790. The standard InChI is InChI=1S/C29H25N9/c1-36-16-21-13-20(36)17-37(21)26-6-5-19(14-32-26)25-9-12-31-29-27(22-3-2-4-24-23(22)15-33-34-24)28(35-38(25)29)18-7-10-30-11-8-18/h2-12,14-15,20-21H,13,16-17H2,1H3,(H,33,34). The van der Waals surface area contributed by atoms with Crippen LogP contribution in [0.25, 0.3) is 50.2 Å². The van der Waals surface area contributed by atoms with Gasteiger partial charge in [-0.1, -0.05) is 12.1 Å². The molecule has 2 saturated heterocycles. The SMILES string of the molecule is CN1CC2CC1CN2c1ccc(-c2ccnc3c(-c4cccc5[nH]ncc45)c(-c4ccncc4)nn23)cn1. The lowest BCUT2D eigenvalue weighted by Gasteiger charge is -2.32. The van der Waals surface area contributed by atoms with Crippen LogP contribution in [0.1, 0.15) is 6.42 Å². The highest BCUT2D eigenvalue weighted by Gasteiger charge is 2.41. The molecule has 186 valence electrons. The predicted molar refractivity (Wildman–Crippen MR) is 147 cm³/mol. The number of anilines is 1. The van der Waals surface area contributed by atoms with Crippen molar-refractivity contribution in [3.8, 4) is 33.6 Å². The number of aromatic amines is 1. The quantitative estimate of drug-likeness (QED) is 0.387. The second-order valence-corrected chi connectivity index (χ2v) is 10.2. The van der Waals surface area contributed by atoms with E-state index in [1.165, 1.54) is 6.42 Å². The number of hydrogen-bond acceptors (Lipinski definition) is 7. The molecular weight excluding hydrogens is 474 g/mol. The van der Waals surface area contributed by atoms with Gasteiger partial charge in [-0.05, 0) is 55.4 Å². The lowest BCUT2D eigenvalue weighted by atomic mass is 9.99. The van der Waals surface area contributed by atoms with E-state index in [9.17, 15) is 0 Å². The summed E-state index contributed by atoms with van der Waals surface area (Å²) in [6, 6.07) is 17.6. The summed E-state index contributed by atoms with van der Waals surface area (Å²) in [7, 11) is 2.22. The minimum Gasteiger partial charge on any atom is -0.351 e. The minimum atomic E-state index is 0.554. The van der Waals surface area contributed by atoms with Crippen LogP contribution in [0.3, 0.4) is 0 Å². The van der Waals surface area contributed by atoms with Crippen molar-refractivity contribution in [1.29, 1.82) is 0 Å². The van der Waals surface area contributed by atoms with Crippen LogP contribution in [0, 0.1) is 0 Å². The fourth-order valence-electron chi connectivity index (χ4n) is 6.16. The zero-order valence-corrected chi connectivity index (χ0v) is 20.9. The third-order valence-electron chi connectivity index (χ3n) is 8.08. The molecule has 1 N–H and O–H groups in total. The summed E-state index contributed by atoms with van der Waals surface area (Å²) < 4.78 is 1.94. The number of pyridine rings is 2. The van der Waals surface area contributed by atoms with Crippen LogP contribution in [0.5, 0.6) is 0 Å². The molecule has 8 rings (SSSR count). The Morgan fingerprint density at radius 3 is 2.58 bits per heavy atom. The molecule has 2 aliphatic heterocycles. The molecule has 9 nitrogen and oxygen atoms in total. The Morgan fingerprint density at radius 1 is 0.868 bits per heavy atom. The Balaban J connectivity index is 1.28. The van der Waals surface area contributed by atoms with Gasteiger partial charge in [0.05, 0.1) is 23.0 Å². The maximum absolute atomic E-state index is 5.12. The zero-order chi connectivity index (χ0) is 25.2. The highest BCUT2D eigenvalue weighted by molar-refractivity contribution is 6.02. The molecule has 2 unspecified atom stereocenters. The number of likely N-dealkylation sites (tertiary alicyclic amines) is 1. The van der Waals surface area contributed by atoms with Crippen molar-refractivity contribution >= 4 is 22.4 Å². The fourth-order valence-corrected chi connectivity index (χ4v) is 6.16. The first-order valence-corrected chi connectivity index (χ1v) is 12.9. The van der Waals surface area contributed by atoms with Crippen molar-refractivity contribution in [3.63, 3.8) is 0 Å². The minimum absolute atomic E-state index is 0.554. The molecule has 9 heteroatoms. The summed E-state index contributed by atoms with van der Waals surface area (Å²) in [5.74, 6) is 1.05. The van der Waals surface area contributed by atoms with Crippen molar-refractivity contribution < 1.29 is 0 Å². The topological polar surface area (TPSA) is 91.1 Å². The third kappa shape index (κ3) is 3.18. The number of benzene rings is 1. The van der Waals surface area contributed by atoms with Crippen molar-refractivity contribution in [2.45, 2.75) is 18.5 Å². The number of fused-ring (bicyclic) bond motifs is 4. The molecule has 5 aromatic heterocycles. The molecule has 7 heterocycles. The first kappa shape index (κ1) is 21.5. The van der Waals surface area contributed by atoms with Crippen molar-refractivity contribution in [3.05, 3.63) is 79.5 Å². The highest BCUT2D eigenvalue weighted by Crippen LogP contribution is 2.39. The maximum atomic E-state index is 5.12. The van der Waals surface area contributed by atoms with E-state index >= 15 is 0 Å². The normalized spacial score (nSPS) is 19.2. The molecule has 2 atom stereocenters. The van der Waals surface area contributed by atoms with Gasteiger partial charge >= 0.3 is 0 Å². The number of nitrogens with one attached hydrogen (secondary N) is 1. The Kier molecular flexibility index (Phi) is 4.62. The van der Waals surface area contributed by atoms with Gasteiger partial charge in [0.2, 0.25) is 0 Å². The average Bonchev–Trinajstić information content (AvgIpc) is 3.75. The predicted octanol–water partition coefficient (Wildman–Crippen LogP) is 4.29. The molecule has 0 radical (unpaired) electrons. The smallest absolute Gasteiger partial charge is 0.164 e. The van der Waals surface area contributed by atoms with E-state index in [-0.39, 0.29) is 0 Å². The number of hydrogen-bond donors (Lipinski definition) is 1. The second-order valence-electron chi connectivity index (χ2n) is 10.2. The van der Waals surface area contributed by atoms with Crippen LogP contribution in [0.4, 0.5) is 5.82 Å². The van der Waals surface area contributed by atoms with E-state index in [4.69, 9.17) is 15.1 Å². The summed E-state index contributed by atoms with van der Waals surface area (Å²) in [4.78, 5) is 18.8. The second kappa shape index (κ2) is 8.19. The lowest BCUT2D eigenvalue weighted by Crippen LogP contribution is -2.44. The molecule has 2 bridgehead atoms. The molecule has 0 aliphatic carbocycles. The molecule has 2 aliphatic rings. The van der Waals surface area contributed by atoms with Crippen LogP contribution < -0.4 is 4.90 Å². The number of likely N-dealkylation sites (N-methyl/N-ethyl adjacent to an activating group) is 1. The molecule has 0 amide bonds. The number of nitrogens with zero attached hydrogens (tertiary/aromatic N) is 8. The van der Waals surface area contributed by atoms with Gasteiger partial charge < -0.3 is 4.90 Å². The molecule has 2 fully saturated rings. The Hall–Kier alpha value is -4.63. The van der Waals surface area contributed by atoms with E-state index in [1.807, 2.05) is 53.4 Å². The summed E-state index contributed by atoms with van der Waals surface area (Å²) in [6.45, 7) is 2.15. The third-order valence-corrected chi connectivity index (χ3v) is 8.08. The monoisotopic (exact) mass is 499 g/mol. The summed E-state index contributed by atoms with van der Waals surface area (Å²) in [5, 5.41) is 13.5. The van der Waals surface area contributed by atoms with Gasteiger partial charge in [-0.3, -0.25) is 15.0 Å². The van der Waals surface area contributed by atoms with Gasteiger partial charge in [0.15, 0.2) is 5.65 Å². The number of rotatable bonds is 4. The number of H-pyrrole nitrogens is 1. The van der Waals surface area contributed by atoms with E-state index in [2.05, 4.69) is 50.2 Å². The largest absolute Gasteiger partial charge is 0.351 e. The molecule has 1 aromatic carbocycles. The van der Waals surface area contributed by atoms with Gasteiger partial charge in [-0.15, -0.1) is 0 Å². The molecular formula is C29H25N9. The average molecular weight is 500 g/mol. The first-order chi connectivity index (χ1) is 18.7. The van der Waals surface area contributed by atoms with Crippen molar-refractivity contribution in [2.75, 3.05) is 25.0 Å². The molecule has 0 spiro atoms. The van der Waals surface area contributed by atoms with Gasteiger partial charge in [-0.2, -0.15) is 10.2 Å². The van der Waals surface area contributed by atoms with E-state index in [0.29, 0.717) is 12.1 Å². The van der Waals surface area contributed by atoms with Crippen LogP contribution in [-0.4, -0.2) is 71.9 Å². The Morgan fingerprint density at radius 2 is 1.79 bits per heavy atom. The molecule has 38 heavy (non-hydrogen) atoms. The highest BCUT2D eigenvalue weighted by atomic mass is 15.4. The number of piperazine rings is 1. The maximum Gasteiger partial charge on any atom is 0.164 e. The van der Waals surface area contributed by atoms with Gasteiger partial charge in [0.25, 0.3) is 0 Å². The lowest BCUT2D eigenvalue weighted by molar-refractivity contribution is 0.292. The van der Waals surface area contributed by atoms with Gasteiger partial charge in [-0.25, -0.2) is 14.5 Å². The van der Waals surface area contributed by atoms with E-state index < -0.39 is 0 Å². The van der Waals surface area contributed by atoms with Gasteiger partial charge in [0, 0.05) is 66.5 Å². The first-order valence-electron chi connectivity index (χ1n) is 12.9. The summed E-state index contributed by atoms with van der Waals surface area (Å²) in [5.41, 5.74) is 7.53. The van der Waals surface area contributed by atoms with Crippen LogP contribution in [0.15, 0.2) is 79.5 Å². The van der Waals surface area contributed by atoms with Crippen LogP contribution >= 0.6 is 0 Å². The zero-order valence-electron chi connectivity index (χ0n) is 20.9. The molecule has 6 aromatic rings. The summed E-state index contributed by atoms with van der Waals surface area (Å²) in [6.07, 6.45) is 10.5. The number of aromatic nitrogens is 7. The fraction of sp³-hybridized carbons (Fsp3) is 0.207. The van der Waals surface area contributed by atoms with Crippen molar-refractivity contribution in [1.82, 2.24) is 39.7 Å². The summed E-state index contributed by atoms with van der Waals surface area (Å²) >= 11 is 0. The Labute approximate surface area is 218 Å². The van der Waals surface area contributed by atoms with Gasteiger partial charge in [0.1, 0.15) is 11.5 Å². The van der Waals surface area contributed by atoms with Crippen LogP contribution in [-0.2, 0) is 0 Å². The van der Waals surface area contributed by atoms with Crippen LogP contribution in [0.2, 0.25) is 0 Å².